The molecule has 0 aliphatic heterocycles. The van der Waals surface area contributed by atoms with E-state index in [2.05, 4.69) is 14.9 Å². The first-order valence-corrected chi connectivity index (χ1v) is 3.29. The zero-order valence-corrected chi connectivity index (χ0v) is 6.75. The maximum atomic E-state index is 11.0. The van der Waals surface area contributed by atoms with Gasteiger partial charge in [-0.2, -0.15) is 5.10 Å². The molecular formula is C7H8N2O3. The lowest BCUT2D eigenvalue weighted by Gasteiger charge is -1.99. The molecule has 1 aromatic rings. The number of esters is 1. The van der Waals surface area contributed by atoms with E-state index >= 15 is 0 Å². The summed E-state index contributed by atoms with van der Waals surface area (Å²) >= 11 is 0. The van der Waals surface area contributed by atoms with E-state index in [4.69, 9.17) is 0 Å². The minimum Gasteiger partial charge on any atom is -0.465 e. The molecule has 5 nitrogen and oxygen atoms in total. The summed E-state index contributed by atoms with van der Waals surface area (Å²) in [6.45, 7) is 1.53. The van der Waals surface area contributed by atoms with Crippen LogP contribution in [0.25, 0.3) is 0 Å². The number of rotatable bonds is 1. The Hall–Kier alpha value is -1.65. The van der Waals surface area contributed by atoms with Crippen LogP contribution in [0.1, 0.15) is 15.9 Å². The molecule has 1 heterocycles. The second-order valence-corrected chi connectivity index (χ2v) is 2.23. The van der Waals surface area contributed by atoms with Crippen LogP contribution >= 0.6 is 0 Å². The smallest absolute Gasteiger partial charge is 0.339 e. The molecule has 64 valence electrons. The number of carbonyl (C=O) groups is 1. The Bertz CT molecular complexity index is 356. The topological polar surface area (TPSA) is 72.0 Å². The molecular weight excluding hydrogens is 160 g/mol. The fourth-order valence-corrected chi connectivity index (χ4v) is 0.774. The van der Waals surface area contributed by atoms with Gasteiger partial charge in [0, 0.05) is 5.56 Å². The Kier molecular flexibility index (Phi) is 2.23. The molecule has 0 amide bonds. The number of hydrogen-bond acceptors (Lipinski definition) is 4. The molecule has 0 saturated carbocycles. The summed E-state index contributed by atoms with van der Waals surface area (Å²) in [7, 11) is 1.25. The van der Waals surface area contributed by atoms with E-state index in [1.54, 1.807) is 0 Å². The molecule has 1 aromatic heterocycles. The van der Waals surface area contributed by atoms with E-state index in [1.165, 1.54) is 20.2 Å². The molecule has 0 bridgehead atoms. The van der Waals surface area contributed by atoms with Gasteiger partial charge in [-0.3, -0.25) is 4.79 Å². The van der Waals surface area contributed by atoms with Crippen molar-refractivity contribution in [2.75, 3.05) is 7.11 Å². The highest BCUT2D eigenvalue weighted by atomic mass is 16.5. The van der Waals surface area contributed by atoms with Gasteiger partial charge in [0.15, 0.2) is 0 Å². The molecule has 1 rings (SSSR count). The summed E-state index contributed by atoms with van der Waals surface area (Å²) in [6, 6.07) is 0. The molecule has 12 heavy (non-hydrogen) atoms. The van der Waals surface area contributed by atoms with Crippen molar-refractivity contribution < 1.29 is 9.53 Å². The van der Waals surface area contributed by atoms with E-state index in [0.717, 1.165) is 0 Å². The number of aromatic nitrogens is 2. The van der Waals surface area contributed by atoms with Crippen LogP contribution < -0.4 is 5.56 Å². The highest BCUT2D eigenvalue weighted by Gasteiger charge is 2.10. The Morgan fingerprint density at radius 3 is 2.92 bits per heavy atom. The first kappa shape index (κ1) is 8.45. The molecule has 0 aromatic carbocycles. The molecule has 5 heteroatoms. The van der Waals surface area contributed by atoms with E-state index < -0.39 is 5.97 Å². The van der Waals surface area contributed by atoms with Gasteiger partial charge in [0.05, 0.1) is 18.9 Å². The van der Waals surface area contributed by atoms with Crippen molar-refractivity contribution in [3.63, 3.8) is 0 Å². The SMILES string of the molecule is COC(=O)c1cn[nH]c(=O)c1C. The van der Waals surface area contributed by atoms with Gasteiger partial charge in [0.1, 0.15) is 0 Å². The van der Waals surface area contributed by atoms with Crippen LogP contribution in [0.3, 0.4) is 0 Å². The maximum absolute atomic E-state index is 11.0. The quantitative estimate of drug-likeness (QED) is 0.592. The Labute approximate surface area is 68.4 Å². The third-order valence-electron chi connectivity index (χ3n) is 1.51. The number of carbonyl (C=O) groups excluding carboxylic acids is 1. The van der Waals surface area contributed by atoms with Gasteiger partial charge in [-0.15, -0.1) is 0 Å². The third kappa shape index (κ3) is 1.34. The van der Waals surface area contributed by atoms with Gasteiger partial charge in [-0.05, 0) is 6.92 Å². The predicted octanol–water partition coefficient (Wildman–Crippen LogP) is -0.135. The van der Waals surface area contributed by atoms with Crippen molar-refractivity contribution in [1.29, 1.82) is 0 Å². The van der Waals surface area contributed by atoms with Gasteiger partial charge in [-0.1, -0.05) is 0 Å². The second kappa shape index (κ2) is 3.17. The second-order valence-electron chi connectivity index (χ2n) is 2.23. The molecule has 0 aliphatic carbocycles. The highest BCUT2D eigenvalue weighted by molar-refractivity contribution is 5.90. The highest BCUT2D eigenvalue weighted by Crippen LogP contribution is 2.00. The monoisotopic (exact) mass is 168 g/mol. The largest absolute Gasteiger partial charge is 0.465 e. The van der Waals surface area contributed by atoms with Crippen LogP contribution in [0, 0.1) is 6.92 Å². The lowest BCUT2D eigenvalue weighted by atomic mass is 10.2. The number of ether oxygens (including phenoxy) is 1. The van der Waals surface area contributed by atoms with Crippen LogP contribution in [0.15, 0.2) is 11.0 Å². The minimum atomic E-state index is -0.550. The average Bonchev–Trinajstić information content (AvgIpc) is 2.08. The summed E-state index contributed by atoms with van der Waals surface area (Å²) < 4.78 is 4.44. The zero-order chi connectivity index (χ0) is 9.14. The van der Waals surface area contributed by atoms with Crippen LogP contribution in [0.4, 0.5) is 0 Å². The van der Waals surface area contributed by atoms with Crippen LogP contribution in [0.5, 0.6) is 0 Å². The van der Waals surface area contributed by atoms with Gasteiger partial charge < -0.3 is 4.74 Å². The van der Waals surface area contributed by atoms with Crippen molar-refractivity contribution in [2.45, 2.75) is 6.92 Å². The standard InChI is InChI=1S/C7H8N2O3/c1-4-5(7(11)12-2)3-8-9-6(4)10/h3H,1-2H3,(H,9,10). The van der Waals surface area contributed by atoms with Gasteiger partial charge in [-0.25, -0.2) is 9.89 Å². The molecule has 0 aliphatic rings. The number of nitrogens with zero attached hydrogens (tertiary/aromatic N) is 1. The van der Waals surface area contributed by atoms with Gasteiger partial charge >= 0.3 is 5.97 Å². The summed E-state index contributed by atoms with van der Waals surface area (Å²) in [5.41, 5.74) is 0.135. The van der Waals surface area contributed by atoms with Crippen molar-refractivity contribution in [3.8, 4) is 0 Å². The average molecular weight is 168 g/mol. The zero-order valence-electron chi connectivity index (χ0n) is 6.75. The number of methoxy groups -OCH3 is 1. The molecule has 0 fully saturated rings. The van der Waals surface area contributed by atoms with Crippen LogP contribution in [-0.2, 0) is 4.74 Å². The van der Waals surface area contributed by atoms with E-state index in [0.29, 0.717) is 5.56 Å². The molecule has 0 spiro atoms. The summed E-state index contributed by atoms with van der Waals surface area (Å²) in [4.78, 5) is 21.9. The normalized spacial score (nSPS) is 9.50. The lowest BCUT2D eigenvalue weighted by Crippen LogP contribution is -2.17. The number of hydrogen-bond donors (Lipinski definition) is 1. The summed E-state index contributed by atoms with van der Waals surface area (Å²) in [6.07, 6.45) is 1.27. The first-order valence-electron chi connectivity index (χ1n) is 3.29. The van der Waals surface area contributed by atoms with E-state index in [1.807, 2.05) is 0 Å². The van der Waals surface area contributed by atoms with Crippen molar-refractivity contribution >= 4 is 5.97 Å². The first-order chi connectivity index (χ1) is 5.66. The number of H-pyrrole nitrogens is 1. The van der Waals surface area contributed by atoms with Crippen LogP contribution in [-0.4, -0.2) is 23.3 Å². The van der Waals surface area contributed by atoms with Gasteiger partial charge in [0.2, 0.25) is 0 Å². The summed E-state index contributed by atoms with van der Waals surface area (Å²) in [5, 5.41) is 5.68. The number of nitrogens with one attached hydrogen (secondary N) is 1. The molecule has 0 atom stereocenters. The maximum Gasteiger partial charge on any atom is 0.339 e. The predicted molar refractivity (Wildman–Crippen MR) is 40.9 cm³/mol. The minimum absolute atomic E-state index is 0.196. The molecule has 0 unspecified atom stereocenters. The fraction of sp³-hybridized carbons (Fsp3) is 0.286. The molecule has 0 saturated heterocycles. The Morgan fingerprint density at radius 2 is 2.33 bits per heavy atom. The molecule has 0 radical (unpaired) electrons. The van der Waals surface area contributed by atoms with Crippen molar-refractivity contribution in [1.82, 2.24) is 10.2 Å². The van der Waals surface area contributed by atoms with Crippen LogP contribution in [0.2, 0.25) is 0 Å². The third-order valence-corrected chi connectivity index (χ3v) is 1.51. The van der Waals surface area contributed by atoms with Gasteiger partial charge in [0.25, 0.3) is 5.56 Å². The van der Waals surface area contributed by atoms with E-state index in [9.17, 15) is 9.59 Å². The Balaban J connectivity index is 3.26. The van der Waals surface area contributed by atoms with E-state index in [-0.39, 0.29) is 11.1 Å². The van der Waals surface area contributed by atoms with Crippen molar-refractivity contribution in [3.05, 3.63) is 27.7 Å². The fourth-order valence-electron chi connectivity index (χ4n) is 0.774. The molecule has 1 N–H and O–H groups in total. The Morgan fingerprint density at radius 1 is 1.67 bits per heavy atom. The summed E-state index contributed by atoms with van der Waals surface area (Å²) in [5.74, 6) is -0.550. The number of aromatic amines is 1. The van der Waals surface area contributed by atoms with Crippen molar-refractivity contribution in [2.24, 2.45) is 0 Å². The lowest BCUT2D eigenvalue weighted by molar-refractivity contribution is 0.0599.